The van der Waals surface area contributed by atoms with Crippen LogP contribution in [0, 0.1) is 3.57 Å². The maximum absolute atomic E-state index is 13.5. The molecule has 0 spiro atoms. The van der Waals surface area contributed by atoms with Gasteiger partial charge in [0.05, 0.1) is 18.7 Å². The van der Waals surface area contributed by atoms with Crippen molar-refractivity contribution >= 4 is 34.5 Å². The second-order valence-corrected chi connectivity index (χ2v) is 8.97. The number of hydrogen-bond donors (Lipinski definition) is 0. The van der Waals surface area contributed by atoms with E-state index in [1.165, 1.54) is 14.8 Å². The Balaban J connectivity index is 1.40. The molecule has 3 aliphatic rings. The molecule has 0 bridgehead atoms. The van der Waals surface area contributed by atoms with Crippen LogP contribution in [-0.4, -0.2) is 52.7 Å². The fourth-order valence-electron chi connectivity index (χ4n) is 4.37. The highest BCUT2D eigenvalue weighted by Gasteiger charge is 2.40. The summed E-state index contributed by atoms with van der Waals surface area (Å²) in [5, 5.41) is 0. The highest BCUT2D eigenvalue weighted by atomic mass is 127. The Morgan fingerprint density at radius 1 is 0.931 bits per heavy atom. The van der Waals surface area contributed by atoms with Crippen LogP contribution < -0.4 is 0 Å². The van der Waals surface area contributed by atoms with Crippen molar-refractivity contribution < 1.29 is 4.79 Å². The van der Waals surface area contributed by atoms with Crippen LogP contribution in [0.25, 0.3) is 0 Å². The van der Waals surface area contributed by atoms with Crippen LogP contribution in [0.5, 0.6) is 0 Å². The number of guanidine groups is 1. The number of nitrogens with zero attached hydrogens (tertiary/aromatic N) is 4. The Hall–Kier alpha value is -2.19. The quantitative estimate of drug-likeness (QED) is 0.607. The molecule has 0 saturated heterocycles. The third-order valence-corrected chi connectivity index (χ3v) is 6.51. The maximum atomic E-state index is 13.5. The Morgan fingerprint density at radius 2 is 1.69 bits per heavy atom. The van der Waals surface area contributed by atoms with Gasteiger partial charge in [-0.2, -0.15) is 0 Å². The minimum absolute atomic E-state index is 0.119. The van der Waals surface area contributed by atoms with Crippen LogP contribution >= 0.6 is 22.6 Å². The summed E-state index contributed by atoms with van der Waals surface area (Å²) in [6, 6.07) is 18.9. The number of carbonyl (C=O) groups excluding carboxylic acids is 1. The van der Waals surface area contributed by atoms with E-state index in [1.807, 2.05) is 11.0 Å². The molecular weight excluding hydrogens is 475 g/mol. The molecule has 1 amide bonds. The highest BCUT2D eigenvalue weighted by molar-refractivity contribution is 14.1. The molecule has 2 aromatic rings. The van der Waals surface area contributed by atoms with Crippen molar-refractivity contribution in [2.75, 3.05) is 26.2 Å². The van der Waals surface area contributed by atoms with Gasteiger partial charge < -0.3 is 4.90 Å². The van der Waals surface area contributed by atoms with E-state index in [1.54, 1.807) is 0 Å². The van der Waals surface area contributed by atoms with Gasteiger partial charge in [0.25, 0.3) is 5.91 Å². The van der Waals surface area contributed by atoms with Crippen molar-refractivity contribution in [3.8, 4) is 0 Å². The lowest BCUT2D eigenvalue weighted by Gasteiger charge is -2.42. The van der Waals surface area contributed by atoms with E-state index in [-0.39, 0.29) is 5.91 Å². The largest absolute Gasteiger partial charge is 0.314 e. The Morgan fingerprint density at radius 3 is 2.48 bits per heavy atom. The molecule has 0 radical (unpaired) electrons. The third-order valence-electron chi connectivity index (χ3n) is 5.79. The number of rotatable bonds is 4. The first-order chi connectivity index (χ1) is 14.2. The molecule has 0 atom stereocenters. The number of carbonyl (C=O) groups is 1. The molecule has 148 valence electrons. The van der Waals surface area contributed by atoms with Gasteiger partial charge in [-0.05, 0) is 45.9 Å². The molecule has 29 heavy (non-hydrogen) atoms. The predicted octanol–water partition coefficient (Wildman–Crippen LogP) is 3.47. The van der Waals surface area contributed by atoms with Gasteiger partial charge in [-0.15, -0.1) is 0 Å². The van der Waals surface area contributed by atoms with Crippen LogP contribution in [0.2, 0.25) is 0 Å². The molecule has 0 fully saturated rings. The van der Waals surface area contributed by atoms with Gasteiger partial charge in [0.15, 0.2) is 0 Å². The molecule has 0 N–H and O–H groups in total. The number of aliphatic imine (C=N–C) groups is 1. The highest BCUT2D eigenvalue weighted by Crippen LogP contribution is 2.32. The number of hydrogen-bond acceptors (Lipinski definition) is 4. The summed E-state index contributed by atoms with van der Waals surface area (Å²) in [4.78, 5) is 24.7. The average Bonchev–Trinajstić information content (AvgIpc) is 3.23. The van der Waals surface area contributed by atoms with E-state index in [9.17, 15) is 4.79 Å². The SMILES string of the molecule is O=C1C2=C(CCN(Cc3ccccc3)C2)N2CCN=C2N1Cc1ccc(I)cc1. The molecule has 0 saturated carbocycles. The van der Waals surface area contributed by atoms with Crippen molar-refractivity contribution in [2.45, 2.75) is 19.5 Å². The maximum Gasteiger partial charge on any atom is 0.259 e. The standard InChI is InChI=1S/C23H23IN4O/c24-19-8-6-18(7-9-19)15-28-22(29)20-16-26(14-17-4-2-1-3-5-17)12-10-21(20)27-13-11-25-23(27)28/h1-9H,10-16H2. The first-order valence-electron chi connectivity index (χ1n) is 10.1. The van der Waals surface area contributed by atoms with Crippen molar-refractivity contribution in [2.24, 2.45) is 4.99 Å². The zero-order valence-electron chi connectivity index (χ0n) is 16.2. The Bertz CT molecular complexity index is 984. The molecule has 0 unspecified atom stereocenters. The summed E-state index contributed by atoms with van der Waals surface area (Å²) in [5.41, 5.74) is 4.56. The minimum atomic E-state index is 0.119. The molecule has 5 rings (SSSR count). The van der Waals surface area contributed by atoms with Crippen LogP contribution in [0.15, 0.2) is 70.9 Å². The molecular formula is C23H23IN4O. The van der Waals surface area contributed by atoms with Crippen molar-refractivity contribution in [1.29, 1.82) is 0 Å². The van der Waals surface area contributed by atoms with Gasteiger partial charge in [-0.25, -0.2) is 0 Å². The van der Waals surface area contributed by atoms with Crippen molar-refractivity contribution in [1.82, 2.24) is 14.7 Å². The van der Waals surface area contributed by atoms with E-state index in [0.29, 0.717) is 13.1 Å². The molecule has 3 heterocycles. The van der Waals surface area contributed by atoms with Crippen LogP contribution in [0.4, 0.5) is 0 Å². The molecule has 6 heteroatoms. The van der Waals surface area contributed by atoms with Crippen molar-refractivity contribution in [3.63, 3.8) is 0 Å². The smallest absolute Gasteiger partial charge is 0.259 e. The van der Waals surface area contributed by atoms with E-state index in [2.05, 4.69) is 85.9 Å². The van der Waals surface area contributed by atoms with E-state index >= 15 is 0 Å². The van der Waals surface area contributed by atoms with E-state index in [0.717, 1.165) is 49.7 Å². The van der Waals surface area contributed by atoms with Crippen molar-refractivity contribution in [3.05, 3.63) is 80.6 Å². The van der Waals surface area contributed by atoms with Gasteiger partial charge in [0.2, 0.25) is 5.96 Å². The lowest BCUT2D eigenvalue weighted by molar-refractivity contribution is -0.125. The molecule has 5 nitrogen and oxygen atoms in total. The summed E-state index contributed by atoms with van der Waals surface area (Å²) in [5.74, 6) is 0.956. The average molecular weight is 498 g/mol. The summed E-state index contributed by atoms with van der Waals surface area (Å²) in [6.45, 7) is 4.76. The van der Waals surface area contributed by atoms with Gasteiger partial charge in [-0.1, -0.05) is 42.5 Å². The second kappa shape index (κ2) is 7.91. The predicted molar refractivity (Wildman–Crippen MR) is 122 cm³/mol. The first kappa shape index (κ1) is 18.8. The summed E-state index contributed by atoms with van der Waals surface area (Å²) >= 11 is 2.31. The molecule has 0 aromatic heterocycles. The van der Waals surface area contributed by atoms with E-state index in [4.69, 9.17) is 0 Å². The van der Waals surface area contributed by atoms with Crippen LogP contribution in [0.1, 0.15) is 17.5 Å². The summed E-state index contributed by atoms with van der Waals surface area (Å²) < 4.78 is 1.20. The third kappa shape index (κ3) is 3.71. The monoisotopic (exact) mass is 498 g/mol. The summed E-state index contributed by atoms with van der Waals surface area (Å²) in [7, 11) is 0. The number of amides is 1. The number of fused-ring (bicyclic) bond motifs is 2. The Kier molecular flexibility index (Phi) is 5.13. The normalized spacial score (nSPS) is 19.3. The first-order valence-corrected chi connectivity index (χ1v) is 11.1. The molecule has 2 aromatic carbocycles. The Labute approximate surface area is 184 Å². The van der Waals surface area contributed by atoms with Gasteiger partial charge in [0, 0.05) is 41.9 Å². The van der Waals surface area contributed by atoms with Gasteiger partial charge in [-0.3, -0.25) is 19.6 Å². The topological polar surface area (TPSA) is 39.2 Å². The zero-order chi connectivity index (χ0) is 19.8. The zero-order valence-corrected chi connectivity index (χ0v) is 18.4. The summed E-state index contributed by atoms with van der Waals surface area (Å²) in [6.07, 6.45) is 0.907. The lowest BCUT2D eigenvalue weighted by atomic mass is 10.00. The molecule has 3 aliphatic heterocycles. The van der Waals surface area contributed by atoms with Crippen LogP contribution in [-0.2, 0) is 17.9 Å². The number of benzene rings is 2. The molecule has 0 aliphatic carbocycles. The van der Waals surface area contributed by atoms with Gasteiger partial charge >= 0.3 is 0 Å². The lowest BCUT2D eigenvalue weighted by Crippen LogP contribution is -2.53. The van der Waals surface area contributed by atoms with Crippen LogP contribution in [0.3, 0.4) is 0 Å². The van der Waals surface area contributed by atoms with E-state index < -0.39 is 0 Å². The second-order valence-electron chi connectivity index (χ2n) is 7.72. The fourth-order valence-corrected chi connectivity index (χ4v) is 4.72. The fraction of sp³-hybridized carbons (Fsp3) is 0.304. The minimum Gasteiger partial charge on any atom is -0.314 e. The number of halogens is 1. The van der Waals surface area contributed by atoms with Gasteiger partial charge in [0.1, 0.15) is 0 Å².